The van der Waals surface area contributed by atoms with Gasteiger partial charge < -0.3 is 4.57 Å². The van der Waals surface area contributed by atoms with Gasteiger partial charge in [-0.05, 0) is 17.4 Å². The van der Waals surface area contributed by atoms with E-state index in [9.17, 15) is 0 Å². The van der Waals surface area contributed by atoms with Gasteiger partial charge in [0, 0.05) is 23.0 Å². The number of thioether (sulfide) groups is 1. The molecule has 0 unspecified atom stereocenters. The van der Waals surface area contributed by atoms with Crippen LogP contribution in [0.5, 0.6) is 0 Å². The van der Waals surface area contributed by atoms with Crippen molar-refractivity contribution < 1.29 is 0 Å². The minimum absolute atomic E-state index is 0.186. The van der Waals surface area contributed by atoms with Crippen LogP contribution in [0.3, 0.4) is 0 Å². The number of azo groups is 1. The summed E-state index contributed by atoms with van der Waals surface area (Å²) < 4.78 is 8.14. The van der Waals surface area contributed by atoms with Gasteiger partial charge >= 0.3 is 0 Å². The normalized spacial score (nSPS) is 11.9. The molecule has 3 heterocycles. The molecule has 5 aromatic rings. The van der Waals surface area contributed by atoms with E-state index in [0.717, 1.165) is 28.4 Å². The Morgan fingerprint density at radius 2 is 1.80 bits per heavy atom. The molecule has 0 saturated heterocycles. The average molecular weight is 523 g/mol. The highest BCUT2D eigenvalue weighted by atomic mass is 35.5. The standard InChI is InChI=1S/C24H23ClN8S2/c1-4-34-24-26-23(35-31-24)28-27-20-19(17-12-8-9-13-18(17)25)29-33-22(20)32(21(30-33)15(2)3)14-16-10-6-5-7-11-16/h5-13,15H,4,14H2,1-3H3. The molecule has 8 nitrogen and oxygen atoms in total. The summed E-state index contributed by atoms with van der Waals surface area (Å²) in [5.74, 6) is 1.99. The Labute approximate surface area is 216 Å². The van der Waals surface area contributed by atoms with Gasteiger partial charge in [0.05, 0.1) is 11.6 Å². The van der Waals surface area contributed by atoms with Crippen LogP contribution >= 0.6 is 34.9 Å². The lowest BCUT2D eigenvalue weighted by Gasteiger charge is -2.11. The molecule has 0 atom stereocenters. The van der Waals surface area contributed by atoms with E-state index in [1.165, 1.54) is 11.5 Å². The zero-order chi connectivity index (χ0) is 24.4. The van der Waals surface area contributed by atoms with Crippen molar-refractivity contribution in [1.29, 1.82) is 0 Å². The summed E-state index contributed by atoms with van der Waals surface area (Å²) in [4.78, 5) is 4.46. The maximum atomic E-state index is 6.56. The quantitative estimate of drug-likeness (QED) is 0.156. The van der Waals surface area contributed by atoms with Gasteiger partial charge in [-0.1, -0.05) is 92.7 Å². The lowest BCUT2D eigenvalue weighted by Crippen LogP contribution is -2.06. The minimum Gasteiger partial charge on any atom is -0.305 e. The fourth-order valence-electron chi connectivity index (χ4n) is 3.75. The molecule has 5 rings (SSSR count). The van der Waals surface area contributed by atoms with E-state index in [0.29, 0.717) is 33.2 Å². The van der Waals surface area contributed by atoms with E-state index in [1.807, 2.05) is 42.5 Å². The molecule has 178 valence electrons. The summed E-state index contributed by atoms with van der Waals surface area (Å²) in [6.45, 7) is 6.93. The fourth-order valence-corrected chi connectivity index (χ4v) is 5.17. The first kappa shape index (κ1) is 23.7. The minimum atomic E-state index is 0.186. The number of benzene rings is 2. The molecule has 35 heavy (non-hydrogen) atoms. The Hall–Kier alpha value is -3.08. The van der Waals surface area contributed by atoms with Crippen LogP contribution < -0.4 is 0 Å². The van der Waals surface area contributed by atoms with Crippen molar-refractivity contribution in [2.45, 2.75) is 38.4 Å². The number of nitrogens with zero attached hydrogens (tertiary/aromatic N) is 8. The van der Waals surface area contributed by atoms with Gasteiger partial charge in [0.25, 0.3) is 0 Å². The summed E-state index contributed by atoms with van der Waals surface area (Å²) >= 11 is 9.35. The first-order valence-corrected chi connectivity index (χ1v) is 13.3. The lowest BCUT2D eigenvalue weighted by atomic mass is 10.1. The van der Waals surface area contributed by atoms with Gasteiger partial charge in [-0.3, -0.25) is 0 Å². The molecule has 0 radical (unpaired) electrons. The van der Waals surface area contributed by atoms with Crippen molar-refractivity contribution in [3.8, 4) is 11.3 Å². The van der Waals surface area contributed by atoms with Crippen molar-refractivity contribution >= 4 is 51.4 Å². The maximum Gasteiger partial charge on any atom is 0.250 e. The zero-order valence-electron chi connectivity index (χ0n) is 19.5. The van der Waals surface area contributed by atoms with E-state index in [-0.39, 0.29) is 5.92 Å². The number of fused-ring (bicyclic) bond motifs is 1. The van der Waals surface area contributed by atoms with Crippen LogP contribution in [-0.2, 0) is 6.54 Å². The molecular weight excluding hydrogens is 500 g/mol. The van der Waals surface area contributed by atoms with E-state index in [4.69, 9.17) is 21.8 Å². The first-order chi connectivity index (χ1) is 17.0. The van der Waals surface area contributed by atoms with Gasteiger partial charge in [0.2, 0.25) is 10.3 Å². The summed E-state index contributed by atoms with van der Waals surface area (Å²) in [5.41, 5.74) is 3.89. The molecular formula is C24H23ClN8S2. The number of hydrogen-bond donors (Lipinski definition) is 0. The van der Waals surface area contributed by atoms with E-state index in [2.05, 4.69) is 57.1 Å². The number of rotatable bonds is 8. The molecule has 2 aromatic carbocycles. The Morgan fingerprint density at radius 1 is 1.03 bits per heavy atom. The SMILES string of the molecule is CCSc1nsc(N=Nc2c(-c3ccccc3Cl)nn3nc(C(C)C)n(Cc4ccccc4)c23)n1. The second kappa shape index (κ2) is 10.3. The number of halogens is 1. The van der Waals surface area contributed by atoms with Gasteiger partial charge in [0.15, 0.2) is 11.3 Å². The van der Waals surface area contributed by atoms with Crippen LogP contribution in [0.25, 0.3) is 16.9 Å². The second-order valence-corrected chi connectivity index (χ2v) is 10.4. The molecule has 0 amide bonds. The average Bonchev–Trinajstić information content (AvgIpc) is 3.54. The summed E-state index contributed by atoms with van der Waals surface area (Å²) in [5, 5.41) is 20.5. The van der Waals surface area contributed by atoms with Gasteiger partial charge in [-0.2, -0.15) is 9.36 Å². The molecule has 0 saturated carbocycles. The van der Waals surface area contributed by atoms with Crippen LogP contribution in [0.15, 0.2) is 70.0 Å². The number of hydrogen-bond acceptors (Lipinski definition) is 8. The third-order valence-corrected chi connectivity index (χ3v) is 7.06. The second-order valence-electron chi connectivity index (χ2n) is 8.07. The fraction of sp³-hybridized carbons (Fsp3) is 0.250. The molecule has 0 aliphatic carbocycles. The van der Waals surface area contributed by atoms with Crippen LogP contribution in [0, 0.1) is 0 Å². The van der Waals surface area contributed by atoms with Crippen molar-refractivity contribution in [1.82, 2.24) is 28.8 Å². The summed E-state index contributed by atoms with van der Waals surface area (Å²) in [6.07, 6.45) is 0. The molecule has 0 spiro atoms. The highest BCUT2D eigenvalue weighted by Crippen LogP contribution is 2.39. The molecule has 0 fully saturated rings. The van der Waals surface area contributed by atoms with Gasteiger partial charge in [-0.15, -0.1) is 25.1 Å². The molecule has 0 bridgehead atoms. The van der Waals surface area contributed by atoms with Crippen LogP contribution in [-0.4, -0.2) is 34.5 Å². The van der Waals surface area contributed by atoms with E-state index < -0.39 is 0 Å². The highest BCUT2D eigenvalue weighted by molar-refractivity contribution is 7.99. The van der Waals surface area contributed by atoms with Crippen LogP contribution in [0.1, 0.15) is 38.1 Å². The lowest BCUT2D eigenvalue weighted by molar-refractivity contribution is 0.670. The maximum absolute atomic E-state index is 6.56. The van der Waals surface area contributed by atoms with Crippen LogP contribution in [0.4, 0.5) is 10.8 Å². The third kappa shape index (κ3) is 4.86. The topological polar surface area (TPSA) is 85.6 Å². The largest absolute Gasteiger partial charge is 0.305 e. The zero-order valence-corrected chi connectivity index (χ0v) is 21.8. The molecule has 11 heteroatoms. The highest BCUT2D eigenvalue weighted by Gasteiger charge is 2.25. The Bertz CT molecular complexity index is 1490. The molecule has 0 N–H and O–H groups in total. The molecule has 0 aliphatic rings. The smallest absolute Gasteiger partial charge is 0.250 e. The van der Waals surface area contributed by atoms with Gasteiger partial charge in [0.1, 0.15) is 11.5 Å². The Kier molecular flexibility index (Phi) is 6.94. The predicted octanol–water partition coefficient (Wildman–Crippen LogP) is 7.40. The molecule has 3 aromatic heterocycles. The Morgan fingerprint density at radius 3 is 2.54 bits per heavy atom. The number of aromatic nitrogens is 6. The third-order valence-electron chi connectivity index (χ3n) is 5.28. The first-order valence-electron chi connectivity index (χ1n) is 11.2. The Balaban J connectivity index is 1.70. The van der Waals surface area contributed by atoms with Crippen molar-refractivity contribution in [2.75, 3.05) is 5.75 Å². The predicted molar refractivity (Wildman–Crippen MR) is 142 cm³/mol. The van der Waals surface area contributed by atoms with Crippen molar-refractivity contribution in [2.24, 2.45) is 10.2 Å². The molecule has 0 aliphatic heterocycles. The van der Waals surface area contributed by atoms with Gasteiger partial charge in [-0.25, -0.2) is 0 Å². The summed E-state index contributed by atoms with van der Waals surface area (Å²) in [7, 11) is 0. The summed E-state index contributed by atoms with van der Waals surface area (Å²) in [6, 6.07) is 17.9. The van der Waals surface area contributed by atoms with E-state index in [1.54, 1.807) is 16.4 Å². The monoisotopic (exact) mass is 522 g/mol. The van der Waals surface area contributed by atoms with E-state index >= 15 is 0 Å². The van der Waals surface area contributed by atoms with Crippen molar-refractivity contribution in [3.63, 3.8) is 0 Å². The van der Waals surface area contributed by atoms with Crippen molar-refractivity contribution in [3.05, 3.63) is 71.0 Å². The van der Waals surface area contributed by atoms with Crippen LogP contribution in [0.2, 0.25) is 5.02 Å².